The van der Waals surface area contributed by atoms with Crippen LogP contribution in [-0.4, -0.2) is 26.3 Å². The molecular formula is C17H23N3OS. The summed E-state index contributed by atoms with van der Waals surface area (Å²) < 4.78 is 2.02. The normalized spacial score (nSPS) is 11.1. The number of ketones is 1. The molecule has 5 heteroatoms. The molecule has 4 nitrogen and oxygen atoms in total. The van der Waals surface area contributed by atoms with E-state index < -0.39 is 0 Å². The molecule has 0 fully saturated rings. The zero-order valence-electron chi connectivity index (χ0n) is 13.7. The molecule has 0 aliphatic rings. The number of aromatic nitrogens is 3. The average Bonchev–Trinajstić information content (AvgIpc) is 2.85. The van der Waals surface area contributed by atoms with Gasteiger partial charge in [-0.1, -0.05) is 49.9 Å². The minimum absolute atomic E-state index is 0.214. The topological polar surface area (TPSA) is 47.8 Å². The van der Waals surface area contributed by atoms with Crippen LogP contribution < -0.4 is 0 Å². The van der Waals surface area contributed by atoms with Crippen molar-refractivity contribution in [2.75, 3.05) is 5.75 Å². The van der Waals surface area contributed by atoms with Crippen LogP contribution >= 0.6 is 11.8 Å². The van der Waals surface area contributed by atoms with Crippen LogP contribution in [0.5, 0.6) is 0 Å². The quantitative estimate of drug-likeness (QED) is 0.732. The summed E-state index contributed by atoms with van der Waals surface area (Å²) in [6.07, 6.45) is 0.477. The van der Waals surface area contributed by atoms with E-state index in [9.17, 15) is 4.79 Å². The maximum absolute atomic E-state index is 12.1. The van der Waals surface area contributed by atoms with E-state index in [2.05, 4.69) is 55.2 Å². The SMILES string of the molecule is CCn1c(C)nnc1SCC(=O)Cc1ccc(C(C)C)cc1. The van der Waals surface area contributed by atoms with Crippen LogP contribution in [0.2, 0.25) is 0 Å². The molecule has 0 radical (unpaired) electrons. The van der Waals surface area contributed by atoms with Gasteiger partial charge in [0.05, 0.1) is 5.75 Å². The molecule has 118 valence electrons. The van der Waals surface area contributed by atoms with Gasteiger partial charge in [0.2, 0.25) is 0 Å². The molecule has 2 aromatic rings. The molecule has 0 aliphatic carbocycles. The Kier molecular flexibility index (Phi) is 5.77. The number of carbonyl (C=O) groups is 1. The highest BCUT2D eigenvalue weighted by Crippen LogP contribution is 2.18. The number of thioether (sulfide) groups is 1. The summed E-state index contributed by atoms with van der Waals surface area (Å²) in [6.45, 7) is 9.15. The van der Waals surface area contributed by atoms with Crippen molar-refractivity contribution in [1.29, 1.82) is 0 Å². The molecule has 0 saturated carbocycles. The van der Waals surface area contributed by atoms with Gasteiger partial charge in [-0.2, -0.15) is 0 Å². The summed E-state index contributed by atoms with van der Waals surface area (Å²) in [5.41, 5.74) is 2.38. The first kappa shape index (κ1) is 16.7. The third-order valence-electron chi connectivity index (χ3n) is 3.63. The summed E-state index contributed by atoms with van der Waals surface area (Å²) in [5, 5.41) is 9.00. The van der Waals surface area contributed by atoms with Gasteiger partial charge in [-0.25, -0.2) is 0 Å². The van der Waals surface area contributed by atoms with Gasteiger partial charge in [-0.3, -0.25) is 4.79 Å². The molecule has 0 unspecified atom stereocenters. The lowest BCUT2D eigenvalue weighted by Gasteiger charge is -2.07. The maximum Gasteiger partial charge on any atom is 0.191 e. The van der Waals surface area contributed by atoms with E-state index in [1.807, 2.05) is 11.5 Å². The molecule has 0 saturated heterocycles. The molecule has 1 heterocycles. The minimum Gasteiger partial charge on any atom is -0.307 e. The monoisotopic (exact) mass is 317 g/mol. The van der Waals surface area contributed by atoms with Gasteiger partial charge in [-0.05, 0) is 30.9 Å². The number of hydrogen-bond acceptors (Lipinski definition) is 4. The first-order chi connectivity index (χ1) is 10.5. The lowest BCUT2D eigenvalue weighted by atomic mass is 10.0. The highest BCUT2D eigenvalue weighted by molar-refractivity contribution is 7.99. The zero-order chi connectivity index (χ0) is 16.1. The van der Waals surface area contributed by atoms with Crippen LogP contribution in [0.25, 0.3) is 0 Å². The first-order valence-electron chi connectivity index (χ1n) is 7.64. The highest BCUT2D eigenvalue weighted by atomic mass is 32.2. The van der Waals surface area contributed by atoms with E-state index in [1.165, 1.54) is 17.3 Å². The highest BCUT2D eigenvalue weighted by Gasteiger charge is 2.11. The fraction of sp³-hybridized carbons (Fsp3) is 0.471. The Hall–Kier alpha value is -1.62. The average molecular weight is 317 g/mol. The fourth-order valence-electron chi connectivity index (χ4n) is 2.28. The van der Waals surface area contributed by atoms with Crippen molar-refractivity contribution in [3.8, 4) is 0 Å². The number of carbonyl (C=O) groups excluding carboxylic acids is 1. The van der Waals surface area contributed by atoms with Crippen molar-refractivity contribution < 1.29 is 4.79 Å². The van der Waals surface area contributed by atoms with E-state index in [-0.39, 0.29) is 5.78 Å². The van der Waals surface area contributed by atoms with Gasteiger partial charge in [-0.15, -0.1) is 10.2 Å². The molecule has 0 aliphatic heterocycles. The minimum atomic E-state index is 0.214. The van der Waals surface area contributed by atoms with Crippen LogP contribution in [0.1, 0.15) is 43.6 Å². The maximum atomic E-state index is 12.1. The Bertz CT molecular complexity index is 632. The molecule has 0 spiro atoms. The second-order valence-corrected chi connectivity index (χ2v) is 6.62. The Labute approximate surface area is 136 Å². The third kappa shape index (κ3) is 4.19. The molecule has 1 aromatic carbocycles. The molecule has 0 N–H and O–H groups in total. The molecule has 0 amide bonds. The van der Waals surface area contributed by atoms with Crippen molar-refractivity contribution >= 4 is 17.5 Å². The largest absolute Gasteiger partial charge is 0.307 e. The Morgan fingerprint density at radius 1 is 1.23 bits per heavy atom. The number of aryl methyl sites for hydroxylation is 1. The van der Waals surface area contributed by atoms with Gasteiger partial charge in [0.15, 0.2) is 5.16 Å². The zero-order valence-corrected chi connectivity index (χ0v) is 14.5. The number of benzene rings is 1. The van der Waals surface area contributed by atoms with E-state index in [4.69, 9.17) is 0 Å². The van der Waals surface area contributed by atoms with Gasteiger partial charge in [0.1, 0.15) is 11.6 Å². The standard InChI is InChI=1S/C17H23N3OS/c1-5-20-13(4)18-19-17(20)22-11-16(21)10-14-6-8-15(9-7-14)12(2)3/h6-9,12H,5,10-11H2,1-4H3. The van der Waals surface area contributed by atoms with Crippen LogP contribution in [-0.2, 0) is 17.8 Å². The van der Waals surface area contributed by atoms with Crippen molar-refractivity contribution in [3.63, 3.8) is 0 Å². The summed E-state index contributed by atoms with van der Waals surface area (Å²) >= 11 is 1.47. The Balaban J connectivity index is 1.90. The summed E-state index contributed by atoms with van der Waals surface area (Å²) in [5.74, 6) is 2.06. The van der Waals surface area contributed by atoms with Crippen molar-refractivity contribution in [3.05, 3.63) is 41.2 Å². The smallest absolute Gasteiger partial charge is 0.191 e. The van der Waals surface area contributed by atoms with Crippen LogP contribution in [0, 0.1) is 6.92 Å². The number of Topliss-reactive ketones (excluding diaryl/α,β-unsaturated/α-hetero) is 1. The lowest BCUT2D eigenvalue weighted by molar-refractivity contribution is -0.116. The molecule has 22 heavy (non-hydrogen) atoms. The Morgan fingerprint density at radius 3 is 2.50 bits per heavy atom. The van der Waals surface area contributed by atoms with E-state index in [0.717, 1.165) is 23.1 Å². The van der Waals surface area contributed by atoms with Crippen molar-refractivity contribution in [2.24, 2.45) is 0 Å². The van der Waals surface area contributed by atoms with Crippen molar-refractivity contribution in [2.45, 2.75) is 51.7 Å². The van der Waals surface area contributed by atoms with Gasteiger partial charge in [0.25, 0.3) is 0 Å². The van der Waals surface area contributed by atoms with Gasteiger partial charge < -0.3 is 4.57 Å². The lowest BCUT2D eigenvalue weighted by Crippen LogP contribution is -2.07. The van der Waals surface area contributed by atoms with Gasteiger partial charge >= 0.3 is 0 Å². The number of rotatable bonds is 7. The predicted octanol–water partition coefficient (Wildman–Crippen LogP) is 3.63. The van der Waals surface area contributed by atoms with Crippen LogP contribution in [0.4, 0.5) is 0 Å². The molecule has 2 rings (SSSR count). The third-order valence-corrected chi connectivity index (χ3v) is 4.65. The van der Waals surface area contributed by atoms with E-state index in [0.29, 0.717) is 18.1 Å². The molecule has 0 bridgehead atoms. The fourth-order valence-corrected chi connectivity index (χ4v) is 3.18. The summed E-state index contributed by atoms with van der Waals surface area (Å²) in [7, 11) is 0. The van der Waals surface area contributed by atoms with Crippen LogP contribution in [0.15, 0.2) is 29.4 Å². The second-order valence-electron chi connectivity index (χ2n) is 5.67. The summed E-state index contributed by atoms with van der Waals surface area (Å²) in [4.78, 5) is 12.1. The van der Waals surface area contributed by atoms with E-state index in [1.54, 1.807) is 0 Å². The number of hydrogen-bond donors (Lipinski definition) is 0. The van der Waals surface area contributed by atoms with E-state index >= 15 is 0 Å². The second kappa shape index (κ2) is 7.58. The molecular weight excluding hydrogens is 294 g/mol. The number of nitrogens with zero attached hydrogens (tertiary/aromatic N) is 3. The summed E-state index contributed by atoms with van der Waals surface area (Å²) in [6, 6.07) is 8.32. The Morgan fingerprint density at radius 2 is 1.91 bits per heavy atom. The predicted molar refractivity (Wildman–Crippen MR) is 90.4 cm³/mol. The molecule has 1 aromatic heterocycles. The van der Waals surface area contributed by atoms with Crippen LogP contribution in [0.3, 0.4) is 0 Å². The molecule has 0 atom stereocenters. The van der Waals surface area contributed by atoms with Crippen molar-refractivity contribution in [1.82, 2.24) is 14.8 Å². The first-order valence-corrected chi connectivity index (χ1v) is 8.63. The van der Waals surface area contributed by atoms with Gasteiger partial charge in [0, 0.05) is 13.0 Å².